The van der Waals surface area contributed by atoms with E-state index in [-0.39, 0.29) is 12.5 Å². The minimum absolute atomic E-state index is 0.170. The molecular weight excluding hydrogens is 506 g/mol. The lowest BCUT2D eigenvalue weighted by Crippen LogP contribution is -2.20. The van der Waals surface area contributed by atoms with E-state index < -0.39 is 6.09 Å². The molecule has 6 aromatic rings. The molecule has 9 nitrogen and oxygen atoms in total. The minimum atomic E-state index is -1.10. The van der Waals surface area contributed by atoms with Crippen molar-refractivity contribution in [3.05, 3.63) is 115 Å². The Hall–Kier alpha value is -5.70. The predicted octanol–water partition coefficient (Wildman–Crippen LogP) is 6.81. The highest BCUT2D eigenvalue weighted by atomic mass is 16.4. The second kappa shape index (κ2) is 10.6. The number of benzene rings is 4. The lowest BCUT2D eigenvalue weighted by molar-refractivity contribution is 0.102. The summed E-state index contributed by atoms with van der Waals surface area (Å²) in [6.45, 7) is 0.170. The van der Waals surface area contributed by atoms with Crippen LogP contribution in [0.25, 0.3) is 33.2 Å². The van der Waals surface area contributed by atoms with Crippen LogP contribution in [-0.4, -0.2) is 27.1 Å². The summed E-state index contributed by atoms with van der Waals surface area (Å²) in [5.41, 5.74) is 5.72. The van der Waals surface area contributed by atoms with E-state index in [2.05, 4.69) is 25.9 Å². The first-order valence-corrected chi connectivity index (χ1v) is 12.5. The molecule has 196 valence electrons. The maximum Gasteiger partial charge on any atom is 0.404 e. The fourth-order valence-corrected chi connectivity index (χ4v) is 4.50. The molecule has 2 aromatic heterocycles. The highest BCUT2D eigenvalue weighted by Gasteiger charge is 2.13. The van der Waals surface area contributed by atoms with Crippen LogP contribution >= 0.6 is 0 Å². The second-order valence-electron chi connectivity index (χ2n) is 9.08. The molecule has 4 N–H and O–H groups in total. The van der Waals surface area contributed by atoms with Crippen LogP contribution in [0.5, 0.6) is 0 Å². The van der Waals surface area contributed by atoms with E-state index >= 15 is 0 Å². The lowest BCUT2D eigenvalue weighted by atomic mass is 10.1. The van der Waals surface area contributed by atoms with Crippen molar-refractivity contribution in [1.82, 2.24) is 15.3 Å². The van der Waals surface area contributed by atoms with Crippen LogP contribution in [-0.2, 0) is 6.54 Å². The van der Waals surface area contributed by atoms with E-state index in [0.29, 0.717) is 22.8 Å². The van der Waals surface area contributed by atoms with Crippen LogP contribution in [0.3, 0.4) is 0 Å². The average Bonchev–Trinajstić information content (AvgIpc) is 3.36. The number of nitrogens with one attached hydrogen (secondary N) is 3. The van der Waals surface area contributed by atoms with Crippen LogP contribution in [0.4, 0.5) is 22.0 Å². The standard InChI is InChI=1S/C31H23N5O4/c37-30(20-13-11-19(12-14-20)17-32-31(38)39)36-22-6-3-5-21(15-22)35-28-16-26(33-18-34-28)25-9-4-8-24-23-7-1-2-10-27(23)40-29(24)25/h1-16,18,32H,17H2,(H,36,37)(H,38,39)(H,33,34,35). The van der Waals surface area contributed by atoms with Crippen LogP contribution in [0, 0.1) is 0 Å². The van der Waals surface area contributed by atoms with Gasteiger partial charge in [0.1, 0.15) is 23.3 Å². The monoisotopic (exact) mass is 529 g/mol. The van der Waals surface area contributed by atoms with E-state index in [1.165, 1.54) is 6.33 Å². The number of anilines is 3. The van der Waals surface area contributed by atoms with Gasteiger partial charge in [0.25, 0.3) is 5.91 Å². The summed E-state index contributed by atoms with van der Waals surface area (Å²) in [6.07, 6.45) is 0.400. The van der Waals surface area contributed by atoms with Gasteiger partial charge in [0.15, 0.2) is 0 Å². The molecule has 2 heterocycles. The third-order valence-electron chi connectivity index (χ3n) is 6.40. The van der Waals surface area contributed by atoms with Gasteiger partial charge in [-0.25, -0.2) is 14.8 Å². The van der Waals surface area contributed by atoms with Crippen molar-refractivity contribution >= 4 is 51.1 Å². The van der Waals surface area contributed by atoms with Gasteiger partial charge in [-0.15, -0.1) is 0 Å². The molecule has 40 heavy (non-hydrogen) atoms. The van der Waals surface area contributed by atoms with Crippen LogP contribution in [0.15, 0.2) is 108 Å². The summed E-state index contributed by atoms with van der Waals surface area (Å²) < 4.78 is 6.17. The molecule has 0 unspecified atom stereocenters. The summed E-state index contributed by atoms with van der Waals surface area (Å²) in [4.78, 5) is 32.3. The number of fused-ring (bicyclic) bond motifs is 3. The Labute approximate surface area is 228 Å². The van der Waals surface area contributed by atoms with Crippen molar-refractivity contribution in [2.24, 2.45) is 0 Å². The van der Waals surface area contributed by atoms with E-state index in [0.717, 1.165) is 38.8 Å². The first-order chi connectivity index (χ1) is 19.5. The molecule has 0 aliphatic rings. The van der Waals surface area contributed by atoms with Crippen molar-refractivity contribution in [2.75, 3.05) is 10.6 Å². The van der Waals surface area contributed by atoms with E-state index in [1.54, 1.807) is 30.3 Å². The summed E-state index contributed by atoms with van der Waals surface area (Å²) in [7, 11) is 0. The number of hydrogen-bond donors (Lipinski definition) is 4. The average molecular weight is 530 g/mol. The quantitative estimate of drug-likeness (QED) is 0.179. The number of nitrogens with zero attached hydrogens (tertiary/aromatic N) is 2. The van der Waals surface area contributed by atoms with Crippen molar-refractivity contribution in [1.29, 1.82) is 0 Å². The Balaban J connectivity index is 1.19. The molecule has 0 aliphatic carbocycles. The highest BCUT2D eigenvalue weighted by molar-refractivity contribution is 6.09. The number of amides is 2. The maximum atomic E-state index is 12.8. The fraction of sp³-hybridized carbons (Fsp3) is 0.0323. The number of furan rings is 1. The van der Waals surface area contributed by atoms with Crippen molar-refractivity contribution in [3.63, 3.8) is 0 Å². The maximum absolute atomic E-state index is 12.8. The van der Waals surface area contributed by atoms with Crippen LogP contribution in [0.1, 0.15) is 15.9 Å². The van der Waals surface area contributed by atoms with Gasteiger partial charge in [-0.3, -0.25) is 4.79 Å². The molecule has 0 spiro atoms. The number of carbonyl (C=O) groups excluding carboxylic acids is 1. The Bertz CT molecular complexity index is 1860. The molecule has 0 saturated carbocycles. The van der Waals surface area contributed by atoms with Gasteiger partial charge in [0, 0.05) is 45.9 Å². The molecule has 9 heteroatoms. The van der Waals surface area contributed by atoms with Gasteiger partial charge in [-0.2, -0.15) is 0 Å². The zero-order valence-electron chi connectivity index (χ0n) is 21.1. The van der Waals surface area contributed by atoms with Gasteiger partial charge < -0.3 is 25.5 Å². The molecule has 0 bridgehead atoms. The van der Waals surface area contributed by atoms with Crippen molar-refractivity contribution in [3.8, 4) is 11.3 Å². The van der Waals surface area contributed by atoms with Crippen molar-refractivity contribution in [2.45, 2.75) is 6.54 Å². The number of rotatable bonds is 7. The first kappa shape index (κ1) is 24.6. The summed E-state index contributed by atoms with van der Waals surface area (Å²) in [5, 5.41) is 19.3. The molecular formula is C31H23N5O4. The molecule has 6 rings (SSSR count). The van der Waals surface area contributed by atoms with Crippen LogP contribution in [0.2, 0.25) is 0 Å². The van der Waals surface area contributed by atoms with E-state index in [1.807, 2.05) is 66.7 Å². The number of carboxylic acid groups (broad SMARTS) is 1. The van der Waals surface area contributed by atoms with Gasteiger partial charge in [0.2, 0.25) is 0 Å². The van der Waals surface area contributed by atoms with Gasteiger partial charge in [-0.05, 0) is 48.0 Å². The Morgan fingerprint density at radius 2 is 1.57 bits per heavy atom. The first-order valence-electron chi connectivity index (χ1n) is 12.5. The molecule has 2 amide bonds. The molecule has 0 atom stereocenters. The summed E-state index contributed by atoms with van der Waals surface area (Å²) in [6, 6.07) is 29.8. The van der Waals surface area contributed by atoms with E-state index in [9.17, 15) is 9.59 Å². The van der Waals surface area contributed by atoms with Gasteiger partial charge >= 0.3 is 6.09 Å². The number of aromatic nitrogens is 2. The SMILES string of the molecule is O=C(O)NCc1ccc(C(=O)Nc2cccc(Nc3cc(-c4cccc5c4oc4ccccc45)ncn3)c2)cc1. The Morgan fingerprint density at radius 1 is 0.800 bits per heavy atom. The third kappa shape index (κ3) is 5.16. The molecule has 0 radical (unpaired) electrons. The van der Waals surface area contributed by atoms with E-state index in [4.69, 9.17) is 9.52 Å². The topological polar surface area (TPSA) is 129 Å². The molecule has 4 aromatic carbocycles. The van der Waals surface area contributed by atoms with Gasteiger partial charge in [0.05, 0.1) is 5.69 Å². The van der Waals surface area contributed by atoms with Gasteiger partial charge in [-0.1, -0.05) is 48.5 Å². The Kier molecular flexibility index (Phi) is 6.51. The van der Waals surface area contributed by atoms with Crippen molar-refractivity contribution < 1.29 is 19.1 Å². The smallest absolute Gasteiger partial charge is 0.404 e. The number of hydrogen-bond acceptors (Lipinski definition) is 6. The zero-order valence-corrected chi connectivity index (χ0v) is 21.1. The Morgan fingerprint density at radius 3 is 2.42 bits per heavy atom. The lowest BCUT2D eigenvalue weighted by Gasteiger charge is -2.10. The third-order valence-corrected chi connectivity index (χ3v) is 6.40. The molecule has 0 fully saturated rings. The minimum Gasteiger partial charge on any atom is -0.465 e. The zero-order chi connectivity index (χ0) is 27.5. The second-order valence-corrected chi connectivity index (χ2v) is 9.08. The summed E-state index contributed by atoms with van der Waals surface area (Å²) in [5.74, 6) is 0.310. The number of carbonyl (C=O) groups is 2. The molecule has 0 aliphatic heterocycles. The fourth-order valence-electron chi connectivity index (χ4n) is 4.50. The largest absolute Gasteiger partial charge is 0.465 e. The number of para-hydroxylation sites is 2. The molecule has 0 saturated heterocycles. The van der Waals surface area contributed by atoms with Crippen LogP contribution < -0.4 is 16.0 Å². The predicted molar refractivity (Wildman–Crippen MR) is 154 cm³/mol. The highest BCUT2D eigenvalue weighted by Crippen LogP contribution is 2.35. The normalized spacial score (nSPS) is 10.9. The summed E-state index contributed by atoms with van der Waals surface area (Å²) >= 11 is 0.